The lowest BCUT2D eigenvalue weighted by molar-refractivity contribution is 0.0582. The van der Waals surface area contributed by atoms with Crippen LogP contribution in [0.15, 0.2) is 22.7 Å². The Bertz CT molecular complexity index is 764. The molecule has 0 unspecified atom stereocenters. The lowest BCUT2D eigenvalue weighted by Gasteiger charge is -2.38. The summed E-state index contributed by atoms with van der Waals surface area (Å²) in [7, 11) is 0. The quantitative estimate of drug-likeness (QED) is 0.842. The zero-order valence-electron chi connectivity index (χ0n) is 13.1. The van der Waals surface area contributed by atoms with Crippen molar-refractivity contribution in [3.63, 3.8) is 0 Å². The lowest BCUT2D eigenvalue weighted by Crippen LogP contribution is -2.46. The number of piperidine rings is 1. The highest BCUT2D eigenvalue weighted by molar-refractivity contribution is 5.94. The van der Waals surface area contributed by atoms with Gasteiger partial charge in [0.05, 0.1) is 5.92 Å². The molecule has 1 fully saturated rings. The highest BCUT2D eigenvalue weighted by atomic mass is 16.4. The minimum atomic E-state index is -0.0997. The third kappa shape index (κ3) is 2.93. The number of hydrogen-bond donors (Lipinski definition) is 0. The van der Waals surface area contributed by atoms with Crippen molar-refractivity contribution < 1.29 is 9.21 Å². The second-order valence-corrected chi connectivity index (χ2v) is 5.69. The number of amides is 1. The van der Waals surface area contributed by atoms with Gasteiger partial charge >= 0.3 is 0 Å². The average molecular weight is 311 g/mol. The van der Waals surface area contributed by atoms with E-state index in [0.717, 1.165) is 12.8 Å². The fraction of sp³-hybridized carbons (Fsp3) is 0.438. The van der Waals surface area contributed by atoms with E-state index in [2.05, 4.69) is 15.2 Å². The van der Waals surface area contributed by atoms with Gasteiger partial charge < -0.3 is 9.32 Å². The summed E-state index contributed by atoms with van der Waals surface area (Å²) in [5, 5.41) is 16.9. The molecule has 1 aliphatic rings. The number of carbonyl (C=O) groups is 1. The summed E-state index contributed by atoms with van der Waals surface area (Å²) in [5.41, 5.74) is 0.718. The van der Waals surface area contributed by atoms with E-state index in [9.17, 15) is 4.79 Å². The van der Waals surface area contributed by atoms with Gasteiger partial charge in [-0.3, -0.25) is 4.79 Å². The molecule has 0 aromatic carbocycles. The topological polar surface area (TPSA) is 95.9 Å². The molecular formula is C16H17N5O2. The molecule has 2 aromatic rings. The Balaban J connectivity index is 1.84. The first kappa shape index (κ1) is 15.2. The third-order valence-corrected chi connectivity index (χ3v) is 4.23. The monoisotopic (exact) mass is 311 g/mol. The van der Waals surface area contributed by atoms with Crippen molar-refractivity contribution in [1.82, 2.24) is 20.1 Å². The molecule has 3 rings (SSSR count). The van der Waals surface area contributed by atoms with Gasteiger partial charge in [-0.05, 0) is 31.9 Å². The number of rotatable bonds is 2. The Morgan fingerprint density at radius 3 is 3.00 bits per heavy atom. The first-order valence-electron chi connectivity index (χ1n) is 7.57. The highest BCUT2D eigenvalue weighted by Gasteiger charge is 2.35. The summed E-state index contributed by atoms with van der Waals surface area (Å²) in [6.45, 7) is 4.43. The van der Waals surface area contributed by atoms with Gasteiger partial charge in [0.1, 0.15) is 11.8 Å². The number of carbonyl (C=O) groups excluding carboxylic acids is 1. The van der Waals surface area contributed by atoms with Gasteiger partial charge in [-0.25, -0.2) is 4.98 Å². The number of aryl methyl sites for hydroxylation is 1. The Morgan fingerprint density at radius 1 is 1.48 bits per heavy atom. The van der Waals surface area contributed by atoms with Crippen LogP contribution < -0.4 is 0 Å². The van der Waals surface area contributed by atoms with E-state index >= 15 is 0 Å². The molecule has 7 nitrogen and oxygen atoms in total. The number of pyridine rings is 1. The number of nitriles is 1. The van der Waals surface area contributed by atoms with Crippen LogP contribution in [0.3, 0.4) is 0 Å². The molecule has 2 atom stereocenters. The molecule has 1 aliphatic heterocycles. The second-order valence-electron chi connectivity index (χ2n) is 5.69. The standard InChI is InChI=1S/C16H17N5O2/c1-10-14(15-20-19-11(2)23-15)4-3-7-21(10)16(22)12-5-6-18-13(8-12)9-17/h5-6,8,10,14H,3-4,7H2,1-2H3/t10-,14-/m0/s1. The largest absolute Gasteiger partial charge is 0.425 e. The maximum Gasteiger partial charge on any atom is 0.254 e. The minimum absolute atomic E-state index is 0.0335. The van der Waals surface area contributed by atoms with Crippen molar-refractivity contribution in [2.45, 2.75) is 38.6 Å². The normalized spacial score (nSPS) is 21.0. The number of nitrogens with zero attached hydrogens (tertiary/aromatic N) is 5. The predicted molar refractivity (Wildman–Crippen MR) is 80.5 cm³/mol. The molecular weight excluding hydrogens is 294 g/mol. The maximum atomic E-state index is 12.8. The Morgan fingerprint density at radius 2 is 2.30 bits per heavy atom. The van der Waals surface area contributed by atoms with Crippen LogP contribution in [0.1, 0.15) is 53.5 Å². The van der Waals surface area contributed by atoms with Crippen LogP contribution in [0.4, 0.5) is 0 Å². The van der Waals surface area contributed by atoms with Gasteiger partial charge in [-0.1, -0.05) is 0 Å². The average Bonchev–Trinajstić information content (AvgIpc) is 3.00. The van der Waals surface area contributed by atoms with Crippen LogP contribution in [0.25, 0.3) is 0 Å². The maximum absolute atomic E-state index is 12.8. The van der Waals surface area contributed by atoms with Gasteiger partial charge in [0.25, 0.3) is 5.91 Å². The molecule has 118 valence electrons. The molecule has 2 aromatic heterocycles. The van der Waals surface area contributed by atoms with Crippen LogP contribution in [0.5, 0.6) is 0 Å². The van der Waals surface area contributed by atoms with Crippen LogP contribution in [-0.4, -0.2) is 38.6 Å². The van der Waals surface area contributed by atoms with Crippen molar-refractivity contribution in [3.05, 3.63) is 41.4 Å². The van der Waals surface area contributed by atoms with Gasteiger partial charge in [0, 0.05) is 31.3 Å². The SMILES string of the molecule is Cc1nnc([C@H]2CCCN(C(=O)c3ccnc(C#N)c3)[C@H]2C)o1. The van der Waals surface area contributed by atoms with E-state index in [0.29, 0.717) is 23.9 Å². The van der Waals surface area contributed by atoms with Gasteiger partial charge in [-0.2, -0.15) is 5.26 Å². The molecule has 0 aliphatic carbocycles. The van der Waals surface area contributed by atoms with E-state index in [1.165, 1.54) is 12.3 Å². The molecule has 0 bridgehead atoms. The Hall–Kier alpha value is -2.75. The molecule has 23 heavy (non-hydrogen) atoms. The summed E-state index contributed by atoms with van der Waals surface area (Å²) < 4.78 is 5.55. The molecule has 3 heterocycles. The van der Waals surface area contributed by atoms with E-state index in [1.54, 1.807) is 13.0 Å². The van der Waals surface area contributed by atoms with Crippen LogP contribution in [0.2, 0.25) is 0 Å². The molecule has 0 spiro atoms. The smallest absolute Gasteiger partial charge is 0.254 e. The minimum Gasteiger partial charge on any atom is -0.425 e. The van der Waals surface area contributed by atoms with Gasteiger partial charge in [-0.15, -0.1) is 10.2 Å². The highest BCUT2D eigenvalue weighted by Crippen LogP contribution is 2.32. The molecule has 7 heteroatoms. The molecule has 0 saturated carbocycles. The van der Waals surface area contributed by atoms with Gasteiger partial charge in [0.15, 0.2) is 0 Å². The summed E-state index contributed by atoms with van der Waals surface area (Å²) in [5.74, 6) is 1.05. The first-order valence-corrected chi connectivity index (χ1v) is 7.57. The molecule has 1 saturated heterocycles. The Labute approximate surface area is 134 Å². The Kier molecular flexibility index (Phi) is 4.06. The van der Waals surface area contributed by atoms with Crippen LogP contribution in [0, 0.1) is 18.3 Å². The van der Waals surface area contributed by atoms with E-state index in [4.69, 9.17) is 9.68 Å². The van der Waals surface area contributed by atoms with Crippen molar-refractivity contribution in [3.8, 4) is 6.07 Å². The van der Waals surface area contributed by atoms with E-state index in [1.807, 2.05) is 17.9 Å². The fourth-order valence-electron chi connectivity index (χ4n) is 3.01. The second kappa shape index (κ2) is 6.16. The predicted octanol–water partition coefficient (Wildman–Crippen LogP) is 2.05. The summed E-state index contributed by atoms with van der Waals surface area (Å²) >= 11 is 0. The zero-order chi connectivity index (χ0) is 16.4. The van der Waals surface area contributed by atoms with Crippen molar-refractivity contribution in [2.24, 2.45) is 0 Å². The summed E-state index contributed by atoms with van der Waals surface area (Å²) in [4.78, 5) is 18.5. The van der Waals surface area contributed by atoms with Crippen molar-refractivity contribution >= 4 is 5.91 Å². The fourth-order valence-corrected chi connectivity index (χ4v) is 3.01. The van der Waals surface area contributed by atoms with E-state index < -0.39 is 0 Å². The van der Waals surface area contributed by atoms with E-state index in [-0.39, 0.29) is 23.6 Å². The molecule has 1 amide bonds. The van der Waals surface area contributed by atoms with Crippen LogP contribution in [-0.2, 0) is 0 Å². The molecule has 0 radical (unpaired) electrons. The number of aromatic nitrogens is 3. The van der Waals surface area contributed by atoms with Crippen molar-refractivity contribution in [2.75, 3.05) is 6.54 Å². The molecule has 0 N–H and O–H groups in total. The summed E-state index contributed by atoms with van der Waals surface area (Å²) in [6.07, 6.45) is 3.27. The number of hydrogen-bond acceptors (Lipinski definition) is 6. The lowest BCUT2D eigenvalue weighted by atomic mass is 9.89. The number of likely N-dealkylation sites (tertiary alicyclic amines) is 1. The zero-order valence-corrected chi connectivity index (χ0v) is 13.1. The third-order valence-electron chi connectivity index (χ3n) is 4.23. The van der Waals surface area contributed by atoms with Gasteiger partial charge in [0.2, 0.25) is 11.8 Å². The summed E-state index contributed by atoms with van der Waals surface area (Å²) in [6, 6.07) is 5.07. The van der Waals surface area contributed by atoms with Crippen LogP contribution >= 0.6 is 0 Å². The first-order chi connectivity index (χ1) is 11.1. The van der Waals surface area contributed by atoms with Crippen molar-refractivity contribution in [1.29, 1.82) is 5.26 Å².